The number of aromatic nitrogens is 3. The fourth-order valence-electron chi connectivity index (χ4n) is 2.07. The molecule has 0 amide bonds. The van der Waals surface area contributed by atoms with Crippen molar-refractivity contribution >= 4 is 24.8 Å². The summed E-state index contributed by atoms with van der Waals surface area (Å²) in [7, 11) is 0. The molecule has 104 valence electrons. The van der Waals surface area contributed by atoms with E-state index in [0.29, 0.717) is 18.8 Å². The second-order valence-corrected chi connectivity index (χ2v) is 4.26. The number of aliphatic hydroxyl groups is 1. The maximum absolute atomic E-state index is 9.46. The van der Waals surface area contributed by atoms with Gasteiger partial charge in [0.2, 0.25) is 0 Å². The fourth-order valence-corrected chi connectivity index (χ4v) is 2.07. The maximum atomic E-state index is 9.46. The summed E-state index contributed by atoms with van der Waals surface area (Å²) in [5, 5.41) is 19.8. The molecular formula is C12H16Cl2N4O. The largest absolute Gasteiger partial charge is 0.392 e. The Kier molecular flexibility index (Phi) is 5.75. The predicted molar refractivity (Wildman–Crippen MR) is 77.7 cm³/mol. The molecule has 2 aromatic rings. The van der Waals surface area contributed by atoms with Gasteiger partial charge in [-0.1, -0.05) is 30.3 Å². The molecule has 3 N–H and O–H groups in total. The van der Waals surface area contributed by atoms with Crippen LogP contribution in [0.1, 0.15) is 18.3 Å². The SMILES string of the molecule is Cl.Cl.OC1CNC(c2nc(-c3ccccc3)n[nH]2)C1. The molecule has 1 aromatic carbocycles. The van der Waals surface area contributed by atoms with Crippen LogP contribution in [-0.2, 0) is 0 Å². The maximum Gasteiger partial charge on any atom is 0.181 e. The van der Waals surface area contributed by atoms with Crippen molar-refractivity contribution in [3.63, 3.8) is 0 Å². The number of hydrogen-bond donors (Lipinski definition) is 3. The second kappa shape index (κ2) is 6.86. The first-order valence-corrected chi connectivity index (χ1v) is 5.72. The first-order chi connectivity index (χ1) is 8.33. The van der Waals surface area contributed by atoms with Crippen LogP contribution in [0.4, 0.5) is 0 Å². The van der Waals surface area contributed by atoms with Gasteiger partial charge in [0.1, 0.15) is 5.82 Å². The number of rotatable bonds is 2. The van der Waals surface area contributed by atoms with E-state index < -0.39 is 0 Å². The number of hydrogen-bond acceptors (Lipinski definition) is 4. The lowest BCUT2D eigenvalue weighted by molar-refractivity contribution is 0.193. The second-order valence-electron chi connectivity index (χ2n) is 4.26. The minimum atomic E-state index is -0.287. The highest BCUT2D eigenvalue weighted by atomic mass is 35.5. The lowest BCUT2D eigenvalue weighted by atomic mass is 10.2. The van der Waals surface area contributed by atoms with Gasteiger partial charge in [-0.3, -0.25) is 5.10 Å². The number of halogens is 2. The summed E-state index contributed by atoms with van der Waals surface area (Å²) in [4.78, 5) is 4.46. The van der Waals surface area contributed by atoms with Crippen molar-refractivity contribution in [3.8, 4) is 11.4 Å². The number of β-amino-alcohol motifs (C(OH)–C–C–N with tert-alkyl or cyclic N) is 1. The first-order valence-electron chi connectivity index (χ1n) is 5.72. The van der Waals surface area contributed by atoms with Crippen LogP contribution in [0.3, 0.4) is 0 Å². The zero-order chi connectivity index (χ0) is 11.7. The van der Waals surface area contributed by atoms with Gasteiger partial charge in [0.15, 0.2) is 5.82 Å². The Morgan fingerprint density at radius 3 is 2.53 bits per heavy atom. The van der Waals surface area contributed by atoms with E-state index in [1.807, 2.05) is 30.3 Å². The Labute approximate surface area is 123 Å². The summed E-state index contributed by atoms with van der Waals surface area (Å²) in [6, 6.07) is 9.92. The van der Waals surface area contributed by atoms with E-state index >= 15 is 0 Å². The Morgan fingerprint density at radius 1 is 1.16 bits per heavy atom. The van der Waals surface area contributed by atoms with Gasteiger partial charge in [0.05, 0.1) is 12.1 Å². The smallest absolute Gasteiger partial charge is 0.181 e. The Balaban J connectivity index is 0.000000902. The van der Waals surface area contributed by atoms with E-state index in [2.05, 4.69) is 20.5 Å². The summed E-state index contributed by atoms with van der Waals surface area (Å²) >= 11 is 0. The van der Waals surface area contributed by atoms with Crippen molar-refractivity contribution < 1.29 is 5.11 Å². The van der Waals surface area contributed by atoms with E-state index in [1.54, 1.807) is 0 Å². The molecular weight excluding hydrogens is 287 g/mol. The van der Waals surface area contributed by atoms with Crippen LogP contribution >= 0.6 is 24.8 Å². The van der Waals surface area contributed by atoms with Crippen molar-refractivity contribution in [3.05, 3.63) is 36.2 Å². The Morgan fingerprint density at radius 2 is 1.89 bits per heavy atom. The predicted octanol–water partition coefficient (Wildman–Crippen LogP) is 1.71. The van der Waals surface area contributed by atoms with Crippen LogP contribution in [-0.4, -0.2) is 32.9 Å². The van der Waals surface area contributed by atoms with Crippen LogP contribution in [0.2, 0.25) is 0 Å². The molecule has 1 aliphatic rings. The average Bonchev–Trinajstić information content (AvgIpc) is 2.98. The quantitative estimate of drug-likeness (QED) is 0.789. The number of aromatic amines is 1. The molecule has 2 unspecified atom stereocenters. The summed E-state index contributed by atoms with van der Waals surface area (Å²) < 4.78 is 0. The molecule has 19 heavy (non-hydrogen) atoms. The summed E-state index contributed by atoms with van der Waals surface area (Å²) in [6.45, 7) is 0.617. The van der Waals surface area contributed by atoms with Gasteiger partial charge in [-0.15, -0.1) is 24.8 Å². The molecule has 3 rings (SSSR count). The number of benzene rings is 1. The molecule has 0 bridgehead atoms. The first kappa shape index (κ1) is 15.9. The fraction of sp³-hybridized carbons (Fsp3) is 0.333. The molecule has 5 nitrogen and oxygen atoms in total. The monoisotopic (exact) mass is 302 g/mol. The lowest BCUT2D eigenvalue weighted by Crippen LogP contribution is -2.15. The molecule has 0 aliphatic carbocycles. The molecule has 1 fully saturated rings. The number of H-pyrrole nitrogens is 1. The minimum absolute atomic E-state index is 0. The zero-order valence-electron chi connectivity index (χ0n) is 10.1. The third kappa shape index (κ3) is 3.45. The topological polar surface area (TPSA) is 73.8 Å². The van der Waals surface area contributed by atoms with Crippen LogP contribution in [0, 0.1) is 0 Å². The van der Waals surface area contributed by atoms with Crippen molar-refractivity contribution in [1.82, 2.24) is 20.5 Å². The van der Waals surface area contributed by atoms with Crippen molar-refractivity contribution in [1.29, 1.82) is 0 Å². The third-order valence-corrected chi connectivity index (χ3v) is 2.97. The molecule has 2 atom stereocenters. The van der Waals surface area contributed by atoms with Gasteiger partial charge in [-0.2, -0.15) is 5.10 Å². The van der Waals surface area contributed by atoms with Crippen molar-refractivity contribution in [2.75, 3.05) is 6.54 Å². The highest BCUT2D eigenvalue weighted by molar-refractivity contribution is 5.85. The molecule has 1 saturated heterocycles. The molecule has 1 aliphatic heterocycles. The summed E-state index contributed by atoms with van der Waals surface area (Å²) in [5.41, 5.74) is 0.994. The van der Waals surface area contributed by atoms with Gasteiger partial charge < -0.3 is 10.4 Å². The van der Waals surface area contributed by atoms with E-state index in [4.69, 9.17) is 0 Å². The zero-order valence-corrected chi connectivity index (χ0v) is 11.7. The molecule has 0 radical (unpaired) electrons. The highest BCUT2D eigenvalue weighted by Gasteiger charge is 2.26. The minimum Gasteiger partial charge on any atom is -0.392 e. The summed E-state index contributed by atoms with van der Waals surface area (Å²) in [5.74, 6) is 1.49. The summed E-state index contributed by atoms with van der Waals surface area (Å²) in [6.07, 6.45) is 0.397. The molecule has 7 heteroatoms. The van der Waals surface area contributed by atoms with Crippen LogP contribution in [0.15, 0.2) is 30.3 Å². The number of nitrogens with zero attached hydrogens (tertiary/aromatic N) is 2. The van der Waals surface area contributed by atoms with E-state index in [-0.39, 0.29) is 37.0 Å². The molecule has 1 aromatic heterocycles. The Bertz CT molecular complexity index is 505. The van der Waals surface area contributed by atoms with Gasteiger partial charge in [-0.25, -0.2) is 4.98 Å². The van der Waals surface area contributed by atoms with Crippen LogP contribution < -0.4 is 5.32 Å². The standard InChI is InChI=1S/C12H14N4O.2ClH/c17-9-6-10(13-7-9)12-14-11(15-16-12)8-4-2-1-3-5-8;;/h1-5,9-10,13,17H,6-7H2,(H,14,15,16);2*1H. The number of aliphatic hydroxyl groups excluding tert-OH is 1. The highest BCUT2D eigenvalue weighted by Crippen LogP contribution is 2.22. The molecule has 0 spiro atoms. The van der Waals surface area contributed by atoms with Crippen molar-refractivity contribution in [2.45, 2.75) is 18.6 Å². The Hall–Kier alpha value is -1.14. The average molecular weight is 303 g/mol. The van der Waals surface area contributed by atoms with Gasteiger partial charge in [0, 0.05) is 12.1 Å². The normalized spacial score (nSPS) is 21.5. The van der Waals surface area contributed by atoms with Crippen LogP contribution in [0.5, 0.6) is 0 Å². The van der Waals surface area contributed by atoms with Gasteiger partial charge >= 0.3 is 0 Å². The number of nitrogens with one attached hydrogen (secondary N) is 2. The lowest BCUT2D eigenvalue weighted by Gasteiger charge is -2.03. The third-order valence-electron chi connectivity index (χ3n) is 2.97. The van der Waals surface area contributed by atoms with Gasteiger partial charge in [0.25, 0.3) is 0 Å². The molecule has 0 saturated carbocycles. The van der Waals surface area contributed by atoms with Crippen molar-refractivity contribution in [2.24, 2.45) is 0 Å². The molecule has 2 heterocycles. The van der Waals surface area contributed by atoms with E-state index in [9.17, 15) is 5.11 Å². The van der Waals surface area contributed by atoms with E-state index in [1.165, 1.54) is 0 Å². The van der Waals surface area contributed by atoms with Crippen LogP contribution in [0.25, 0.3) is 11.4 Å². The van der Waals surface area contributed by atoms with Gasteiger partial charge in [-0.05, 0) is 6.42 Å². The van der Waals surface area contributed by atoms with E-state index in [0.717, 1.165) is 11.4 Å².